The lowest BCUT2D eigenvalue weighted by molar-refractivity contribution is -0.161. The van der Waals surface area contributed by atoms with Gasteiger partial charge in [-0.3, -0.25) is 23.4 Å². The molecule has 0 aliphatic heterocycles. The molecule has 0 saturated carbocycles. The molecule has 0 heterocycles. The van der Waals surface area contributed by atoms with Crippen LogP contribution in [-0.2, 0) is 42.2 Å². The first-order chi connectivity index (χ1) is 36.2. The van der Waals surface area contributed by atoms with Gasteiger partial charge in [-0.05, 0) is 122 Å². The number of esters is 3. The minimum absolute atomic E-state index is 0.0304. The zero-order valence-electron chi connectivity index (χ0n) is 46.0. The van der Waals surface area contributed by atoms with Gasteiger partial charge in [0, 0.05) is 19.3 Å². The average Bonchev–Trinajstić information content (AvgIpc) is 3.39. The number of aliphatic hydroxyl groups excluding tert-OH is 1. The fourth-order valence-electron chi connectivity index (χ4n) is 6.84. The van der Waals surface area contributed by atoms with Crippen LogP contribution in [0.5, 0.6) is 0 Å². The molecule has 3 atom stereocenters. The first-order valence-corrected chi connectivity index (χ1v) is 29.6. The highest BCUT2D eigenvalue weighted by Crippen LogP contribution is 2.43. The highest BCUT2D eigenvalue weighted by Gasteiger charge is 2.28. The van der Waals surface area contributed by atoms with Crippen LogP contribution in [0.25, 0.3) is 0 Å². The molecular weight excluding hydrogens is 952 g/mol. The number of allylic oxidation sites excluding steroid dienone is 22. The van der Waals surface area contributed by atoms with Crippen LogP contribution in [0.2, 0.25) is 0 Å². The van der Waals surface area contributed by atoms with Gasteiger partial charge in [-0.2, -0.15) is 0 Å². The first kappa shape index (κ1) is 69.6. The topological polar surface area (TPSA) is 155 Å². The standard InChI is InChI=1S/C62H99O11P/c1-4-7-10-13-16-19-22-25-27-28-29-30-32-35-38-41-44-47-50-53-62(66)73-59(55-69-60(64)51-48-45-42-39-36-33-24-21-18-15-12-9-6-3)57-71-74(67,68)70-56-58(54-63)72-61(65)52-49-46-43-40-37-34-31-26-23-20-17-14-11-8-5-2/h7-8,10-11,16-17,19-21,24-27,29-31,35,37-38,40,44,47,58-59,63H,4-6,9,12-15,18,22-23,28,32-34,36,39,41-43,45-46,48-57H2,1-3H3,(H,67,68)/b10-7-,11-8-,19-16-,20-17-,24-21-,27-25-,30-29-,31-26-,38-35-,40-37-,47-44-. The molecule has 0 fully saturated rings. The molecule has 418 valence electrons. The van der Waals surface area contributed by atoms with E-state index in [0.717, 1.165) is 109 Å². The Morgan fingerprint density at radius 2 is 0.730 bits per heavy atom. The molecule has 2 N–H and O–H groups in total. The summed E-state index contributed by atoms with van der Waals surface area (Å²) in [4.78, 5) is 48.4. The van der Waals surface area contributed by atoms with Gasteiger partial charge in [-0.15, -0.1) is 0 Å². The van der Waals surface area contributed by atoms with Crippen molar-refractivity contribution in [3.63, 3.8) is 0 Å². The quantitative estimate of drug-likeness (QED) is 0.0197. The molecular formula is C62H99O11P. The highest BCUT2D eigenvalue weighted by molar-refractivity contribution is 7.47. The van der Waals surface area contributed by atoms with Crippen LogP contribution in [0.3, 0.4) is 0 Å². The van der Waals surface area contributed by atoms with Gasteiger partial charge in [0.1, 0.15) is 12.7 Å². The summed E-state index contributed by atoms with van der Waals surface area (Å²) in [6.07, 6.45) is 68.6. The third-order valence-electron chi connectivity index (χ3n) is 11.1. The van der Waals surface area contributed by atoms with Gasteiger partial charge in [-0.1, -0.05) is 193 Å². The molecule has 0 aliphatic rings. The normalized spacial score (nSPS) is 14.4. The molecule has 0 saturated heterocycles. The second-order valence-electron chi connectivity index (χ2n) is 18.0. The molecule has 74 heavy (non-hydrogen) atoms. The number of aliphatic hydroxyl groups is 1. The van der Waals surface area contributed by atoms with Crippen molar-refractivity contribution in [2.45, 2.75) is 213 Å². The van der Waals surface area contributed by atoms with Gasteiger partial charge in [0.15, 0.2) is 6.10 Å². The van der Waals surface area contributed by atoms with E-state index in [1.54, 1.807) is 0 Å². The number of rotatable bonds is 50. The largest absolute Gasteiger partial charge is 0.472 e. The van der Waals surface area contributed by atoms with Gasteiger partial charge in [0.2, 0.25) is 0 Å². The number of carbonyl (C=O) groups is 3. The Hall–Kier alpha value is -4.38. The van der Waals surface area contributed by atoms with E-state index < -0.39 is 57.8 Å². The molecule has 0 bridgehead atoms. The Bertz CT molecular complexity index is 1750. The summed E-state index contributed by atoms with van der Waals surface area (Å²) in [5, 5.41) is 9.80. The Balaban J connectivity index is 4.91. The SMILES string of the molecule is CC/C=C\C/C=C\C/C=C\C/C=C\C/C=C\C/C=C\CCC(=O)OC(COC(=O)CCCCCCC/C=C\CCCCCC)COP(=O)(O)OCC(CO)OC(=O)CCCC/C=C\C/C=C\C/C=C\C/C=C\CC. The van der Waals surface area contributed by atoms with Crippen molar-refractivity contribution in [1.82, 2.24) is 0 Å². The van der Waals surface area contributed by atoms with Crippen molar-refractivity contribution in [2.75, 3.05) is 26.4 Å². The van der Waals surface area contributed by atoms with Crippen molar-refractivity contribution in [3.05, 3.63) is 134 Å². The molecule has 0 amide bonds. The third kappa shape index (κ3) is 52.5. The molecule has 0 aromatic rings. The summed E-state index contributed by atoms with van der Waals surface area (Å²) < 4.78 is 39.3. The van der Waals surface area contributed by atoms with Gasteiger partial charge < -0.3 is 24.2 Å². The number of ether oxygens (including phenoxy) is 3. The zero-order chi connectivity index (χ0) is 54.1. The predicted octanol–water partition coefficient (Wildman–Crippen LogP) is 16.6. The minimum Gasteiger partial charge on any atom is -0.462 e. The molecule has 11 nitrogen and oxygen atoms in total. The fourth-order valence-corrected chi connectivity index (χ4v) is 7.62. The maximum absolute atomic E-state index is 12.9. The molecule has 0 aliphatic carbocycles. The van der Waals surface area contributed by atoms with E-state index in [0.29, 0.717) is 25.7 Å². The minimum atomic E-state index is -4.79. The Labute approximate surface area is 449 Å². The van der Waals surface area contributed by atoms with Crippen molar-refractivity contribution in [3.8, 4) is 0 Å². The Morgan fingerprint density at radius 1 is 0.392 bits per heavy atom. The van der Waals surface area contributed by atoms with Gasteiger partial charge in [0.25, 0.3) is 0 Å². The van der Waals surface area contributed by atoms with Gasteiger partial charge >= 0.3 is 25.7 Å². The van der Waals surface area contributed by atoms with Crippen LogP contribution < -0.4 is 0 Å². The van der Waals surface area contributed by atoms with Crippen molar-refractivity contribution < 1.29 is 52.2 Å². The molecule has 0 radical (unpaired) electrons. The second-order valence-corrected chi connectivity index (χ2v) is 19.4. The molecule has 0 aromatic heterocycles. The Morgan fingerprint density at radius 3 is 1.20 bits per heavy atom. The van der Waals surface area contributed by atoms with Crippen molar-refractivity contribution in [1.29, 1.82) is 0 Å². The maximum Gasteiger partial charge on any atom is 0.472 e. The van der Waals surface area contributed by atoms with Crippen LogP contribution in [0.1, 0.15) is 201 Å². The number of phosphoric ester groups is 1. The van der Waals surface area contributed by atoms with Crippen LogP contribution >= 0.6 is 7.82 Å². The summed E-state index contributed by atoms with van der Waals surface area (Å²) in [5.74, 6) is -1.64. The number of unbranched alkanes of at least 4 members (excludes halogenated alkanes) is 11. The first-order valence-electron chi connectivity index (χ1n) is 28.1. The van der Waals surface area contributed by atoms with E-state index in [-0.39, 0.29) is 25.9 Å². The summed E-state index contributed by atoms with van der Waals surface area (Å²) in [6.45, 7) is 4.23. The molecule has 12 heteroatoms. The van der Waals surface area contributed by atoms with E-state index >= 15 is 0 Å². The number of hydrogen-bond acceptors (Lipinski definition) is 10. The van der Waals surface area contributed by atoms with Gasteiger partial charge in [0.05, 0.1) is 19.8 Å². The van der Waals surface area contributed by atoms with Crippen LogP contribution in [0.15, 0.2) is 134 Å². The van der Waals surface area contributed by atoms with Crippen molar-refractivity contribution in [2.24, 2.45) is 0 Å². The third-order valence-corrected chi connectivity index (χ3v) is 12.0. The average molecular weight is 1050 g/mol. The summed E-state index contributed by atoms with van der Waals surface area (Å²) >= 11 is 0. The van der Waals surface area contributed by atoms with Crippen LogP contribution in [-0.4, -0.2) is 66.5 Å². The fraction of sp³-hybridized carbons (Fsp3) is 0.597. The summed E-state index contributed by atoms with van der Waals surface area (Å²) in [7, 11) is -4.79. The summed E-state index contributed by atoms with van der Waals surface area (Å²) in [5.41, 5.74) is 0. The Kier molecular flexibility index (Phi) is 51.6. The van der Waals surface area contributed by atoms with E-state index in [1.807, 2.05) is 12.2 Å². The lowest BCUT2D eigenvalue weighted by Crippen LogP contribution is -2.30. The highest BCUT2D eigenvalue weighted by atomic mass is 31.2. The summed E-state index contributed by atoms with van der Waals surface area (Å²) in [6, 6.07) is 0. The molecule has 3 unspecified atom stereocenters. The van der Waals surface area contributed by atoms with Gasteiger partial charge in [-0.25, -0.2) is 4.57 Å². The van der Waals surface area contributed by atoms with E-state index in [1.165, 1.54) is 25.7 Å². The van der Waals surface area contributed by atoms with Crippen LogP contribution in [0.4, 0.5) is 0 Å². The molecule has 0 rings (SSSR count). The van der Waals surface area contributed by atoms with Crippen molar-refractivity contribution >= 4 is 25.7 Å². The van der Waals surface area contributed by atoms with E-state index in [4.69, 9.17) is 23.3 Å². The number of hydrogen-bond donors (Lipinski definition) is 2. The monoisotopic (exact) mass is 1050 g/mol. The predicted molar refractivity (Wildman–Crippen MR) is 306 cm³/mol. The lowest BCUT2D eigenvalue weighted by atomic mass is 10.1. The zero-order valence-corrected chi connectivity index (χ0v) is 46.9. The van der Waals surface area contributed by atoms with Crippen LogP contribution in [0, 0.1) is 0 Å². The smallest absolute Gasteiger partial charge is 0.462 e. The lowest BCUT2D eigenvalue weighted by Gasteiger charge is -2.21. The van der Waals surface area contributed by atoms with E-state index in [2.05, 4.69) is 142 Å². The second kappa shape index (κ2) is 54.9. The molecule has 0 aromatic carbocycles. The number of carbonyl (C=O) groups excluding carboxylic acids is 3. The van der Waals surface area contributed by atoms with E-state index in [9.17, 15) is 28.9 Å². The molecule has 0 spiro atoms. The number of phosphoric acid groups is 1. The maximum atomic E-state index is 12.9.